The summed E-state index contributed by atoms with van der Waals surface area (Å²) in [6.07, 6.45) is -1.83. The number of halogens is 3. The van der Waals surface area contributed by atoms with Crippen LogP contribution in [0.15, 0.2) is 99.9 Å². The molecule has 5 amide bonds. The summed E-state index contributed by atoms with van der Waals surface area (Å²) in [5.41, 5.74) is 5.98. The van der Waals surface area contributed by atoms with Crippen LogP contribution in [0.4, 0.5) is 24.5 Å². The number of pyridine rings is 1. The second-order valence-electron chi connectivity index (χ2n) is 26.3. The van der Waals surface area contributed by atoms with Gasteiger partial charge in [0.2, 0.25) is 29.2 Å². The molecule has 94 heavy (non-hydrogen) atoms. The highest BCUT2D eigenvalue weighted by Gasteiger charge is 2.44. The Hall–Kier alpha value is -7.81. The number of anilines is 2. The SMILES string of the molecule is Cc1cc([C@H](C(=O)N2C[C@H](O)C[C@H]2C(=O)N[C@@H](CC(=O)N2CCC(N3CCC(C(=O)NCCN4CCN(Cc5cccc(-c6ccc(N7CCN(C)CC7)c(NC(=O)c7c[nH]c(=O)cc7C(F)(F)F)c6)c5)CC4)CC3)CC2)c2ccc(-c3scnc3C)cc2)C(C)C)on1. The number of piperazine rings is 2. The van der Waals surface area contributed by atoms with Gasteiger partial charge >= 0.3 is 6.18 Å². The zero-order chi connectivity index (χ0) is 66.4. The van der Waals surface area contributed by atoms with Crippen molar-refractivity contribution in [3.8, 4) is 21.6 Å². The number of thiazole rings is 1. The molecule has 502 valence electrons. The van der Waals surface area contributed by atoms with Crippen LogP contribution in [0, 0.1) is 25.7 Å². The molecular weight excluding hydrogens is 1230 g/mol. The van der Waals surface area contributed by atoms with E-state index in [1.807, 2.05) is 81.2 Å². The van der Waals surface area contributed by atoms with Crippen LogP contribution in [-0.4, -0.2) is 203 Å². The molecule has 3 aromatic carbocycles. The summed E-state index contributed by atoms with van der Waals surface area (Å²) in [5, 5.41) is 24.1. The fourth-order valence-electron chi connectivity index (χ4n) is 14.0. The van der Waals surface area contributed by atoms with E-state index >= 15 is 0 Å². The van der Waals surface area contributed by atoms with Gasteiger partial charge in [0.05, 0.1) is 62.8 Å². The Morgan fingerprint density at radius 2 is 1.51 bits per heavy atom. The van der Waals surface area contributed by atoms with Crippen molar-refractivity contribution >= 4 is 52.2 Å². The van der Waals surface area contributed by atoms with Crippen LogP contribution < -0.4 is 26.4 Å². The van der Waals surface area contributed by atoms with Crippen molar-refractivity contribution in [1.29, 1.82) is 0 Å². The molecule has 21 nitrogen and oxygen atoms in total. The fourth-order valence-corrected chi connectivity index (χ4v) is 14.8. The average molecular weight is 1310 g/mol. The predicted molar refractivity (Wildman–Crippen MR) is 353 cm³/mol. The molecule has 5 saturated heterocycles. The van der Waals surface area contributed by atoms with Gasteiger partial charge in [-0.15, -0.1) is 11.3 Å². The minimum atomic E-state index is -4.91. The van der Waals surface area contributed by atoms with Gasteiger partial charge in [-0.2, -0.15) is 13.2 Å². The number of aliphatic hydroxyl groups is 1. The minimum absolute atomic E-state index is 0.00681. The number of amides is 5. The molecule has 0 saturated carbocycles. The summed E-state index contributed by atoms with van der Waals surface area (Å²) < 4.78 is 47.6. The first-order valence-electron chi connectivity index (χ1n) is 32.9. The number of benzene rings is 3. The quantitative estimate of drug-likeness (QED) is 0.0502. The summed E-state index contributed by atoms with van der Waals surface area (Å²) in [6, 6.07) is 22.4. The van der Waals surface area contributed by atoms with Crippen molar-refractivity contribution in [2.75, 3.05) is 115 Å². The Bertz CT molecular complexity index is 3700. The number of aromatic amines is 1. The number of β-amino-alcohol motifs (C(OH)–C–C–N with tert-alkyl or cyclic N) is 1. The number of aromatic nitrogens is 3. The minimum Gasteiger partial charge on any atom is -0.391 e. The Morgan fingerprint density at radius 3 is 2.18 bits per heavy atom. The van der Waals surface area contributed by atoms with Gasteiger partial charge in [-0.05, 0) is 112 Å². The number of aliphatic hydroxyl groups excluding tert-OH is 1. The van der Waals surface area contributed by atoms with E-state index in [9.17, 15) is 47.0 Å². The number of nitrogens with zero attached hydrogens (tertiary/aromatic N) is 9. The van der Waals surface area contributed by atoms with E-state index < -0.39 is 58.8 Å². The smallest absolute Gasteiger partial charge is 0.391 e. The van der Waals surface area contributed by atoms with E-state index in [0.717, 1.165) is 129 Å². The molecule has 3 aromatic heterocycles. The summed E-state index contributed by atoms with van der Waals surface area (Å²) in [7, 11) is 2.02. The molecule has 4 atom stereocenters. The molecule has 8 heterocycles. The molecule has 5 N–H and O–H groups in total. The van der Waals surface area contributed by atoms with Crippen LogP contribution in [-0.2, 0) is 31.9 Å². The highest BCUT2D eigenvalue weighted by Crippen LogP contribution is 2.38. The number of carbonyl (C=O) groups is 5. The molecule has 5 aliphatic rings. The third-order valence-electron chi connectivity index (χ3n) is 19.4. The number of aryl methyl sites for hydroxylation is 2. The van der Waals surface area contributed by atoms with Crippen LogP contribution >= 0.6 is 11.3 Å². The number of alkyl halides is 3. The van der Waals surface area contributed by atoms with Gasteiger partial charge in [0.25, 0.3) is 5.91 Å². The lowest BCUT2D eigenvalue weighted by Gasteiger charge is -2.41. The van der Waals surface area contributed by atoms with Gasteiger partial charge < -0.3 is 55.1 Å². The van der Waals surface area contributed by atoms with Crippen LogP contribution in [0.25, 0.3) is 21.6 Å². The Morgan fingerprint density at radius 1 is 0.809 bits per heavy atom. The topological polar surface area (TPSA) is 236 Å². The van der Waals surface area contributed by atoms with E-state index in [0.29, 0.717) is 68.2 Å². The lowest BCUT2D eigenvalue weighted by Crippen LogP contribution is -2.51. The van der Waals surface area contributed by atoms with Crippen molar-refractivity contribution in [2.45, 2.75) is 109 Å². The van der Waals surface area contributed by atoms with Gasteiger partial charge in [-0.3, -0.25) is 38.6 Å². The summed E-state index contributed by atoms with van der Waals surface area (Å²) >= 11 is 1.54. The second-order valence-corrected chi connectivity index (χ2v) is 27.1. The van der Waals surface area contributed by atoms with Crippen molar-refractivity contribution in [1.82, 2.24) is 55.2 Å². The molecule has 0 spiro atoms. The predicted octanol–water partition coefficient (Wildman–Crippen LogP) is 7.38. The van der Waals surface area contributed by atoms with Crippen LogP contribution in [0.2, 0.25) is 0 Å². The third-order valence-corrected chi connectivity index (χ3v) is 20.4. The maximum Gasteiger partial charge on any atom is 0.417 e. The number of hydrogen-bond donors (Lipinski definition) is 5. The normalized spacial score (nSPS) is 20.0. The van der Waals surface area contributed by atoms with Gasteiger partial charge in [-0.25, -0.2) is 4.98 Å². The molecule has 6 aromatic rings. The molecule has 0 radical (unpaired) electrons. The Balaban J connectivity index is 0.628. The van der Waals surface area contributed by atoms with Crippen molar-refractivity contribution in [2.24, 2.45) is 11.8 Å². The monoisotopic (exact) mass is 1310 g/mol. The first-order chi connectivity index (χ1) is 45.1. The summed E-state index contributed by atoms with van der Waals surface area (Å²) in [6.45, 7) is 18.5. The molecule has 0 unspecified atom stereocenters. The fraction of sp³-hybridized carbons (Fsp3) is 0.507. The molecule has 25 heteroatoms. The van der Waals surface area contributed by atoms with E-state index in [4.69, 9.17) is 4.52 Å². The Kier molecular flexibility index (Phi) is 21.5. The highest BCUT2D eigenvalue weighted by molar-refractivity contribution is 7.13. The molecule has 0 bridgehead atoms. The molecule has 11 rings (SSSR count). The Labute approximate surface area is 550 Å². The number of hydrogen-bond acceptors (Lipinski definition) is 16. The van der Waals surface area contributed by atoms with Gasteiger partial charge in [0.15, 0.2) is 0 Å². The second kappa shape index (κ2) is 29.9. The zero-order valence-electron chi connectivity index (χ0n) is 54.1. The van der Waals surface area contributed by atoms with Gasteiger partial charge in [0, 0.05) is 128 Å². The number of H-pyrrole nitrogens is 1. The van der Waals surface area contributed by atoms with E-state index in [1.165, 1.54) is 4.90 Å². The van der Waals surface area contributed by atoms with E-state index in [2.05, 4.69) is 67.7 Å². The highest BCUT2D eigenvalue weighted by atomic mass is 32.1. The molecule has 5 fully saturated rings. The lowest BCUT2D eigenvalue weighted by molar-refractivity contribution is -0.141. The van der Waals surface area contributed by atoms with Crippen LogP contribution in [0.3, 0.4) is 0 Å². The third kappa shape index (κ3) is 16.3. The number of nitrogens with one attached hydrogen (secondary N) is 4. The van der Waals surface area contributed by atoms with Gasteiger partial charge in [0.1, 0.15) is 17.7 Å². The maximum atomic E-state index is 14.4. The van der Waals surface area contributed by atoms with Crippen LogP contribution in [0.1, 0.15) is 109 Å². The van der Waals surface area contributed by atoms with Crippen molar-refractivity contribution in [3.05, 3.63) is 140 Å². The van der Waals surface area contributed by atoms with Crippen molar-refractivity contribution < 1.29 is 46.8 Å². The number of rotatable bonds is 20. The number of piperidine rings is 2. The number of likely N-dealkylation sites (N-methyl/N-ethyl adjacent to an activating group) is 1. The first kappa shape index (κ1) is 67.6. The molecule has 5 aliphatic heterocycles. The molecule has 0 aliphatic carbocycles. The first-order valence-corrected chi connectivity index (χ1v) is 33.7. The van der Waals surface area contributed by atoms with E-state index in [-0.39, 0.29) is 55.0 Å². The lowest BCUT2D eigenvalue weighted by atomic mass is 9.91. The van der Waals surface area contributed by atoms with E-state index in [1.54, 1.807) is 35.9 Å². The maximum absolute atomic E-state index is 14.4. The average Bonchev–Trinajstić information content (AvgIpc) is 1.21. The number of likely N-dealkylation sites (tertiary alicyclic amines) is 3. The number of carbonyl (C=O) groups excluding carboxylic acids is 5. The zero-order valence-corrected chi connectivity index (χ0v) is 54.9. The van der Waals surface area contributed by atoms with Crippen molar-refractivity contribution in [3.63, 3.8) is 0 Å². The molecular formula is C69H86F3N13O8S. The summed E-state index contributed by atoms with van der Waals surface area (Å²) in [5.74, 6) is -2.28. The summed E-state index contributed by atoms with van der Waals surface area (Å²) in [4.78, 5) is 105. The largest absolute Gasteiger partial charge is 0.417 e. The van der Waals surface area contributed by atoms with Crippen LogP contribution in [0.5, 0.6) is 0 Å². The standard InChI is InChI=1S/C69H86F3N13O8S/c1-43(2)63(60-33-44(3)78-93-60)68(92)85-41-53(86)36-59(85)67(91)76-56(47-9-11-48(12-10-47)64-45(4)75-42-94-64)38-62(88)84-22-17-52(18-23-84)82-20-15-49(16-21-82)65(89)73-19-24-80-27-29-81(30-28-80)40-46-7-6-8-50(34-46)51-13-14-58(83-31-25-79(5)26-32-83)57(35-51)77-66(90)54-39-74-61(87)37-55(54)69(70,71)72/h6-14,33-35,37,39,42-43,49,52-53,56,59,63,86H,15-32,36,38,40-41H2,1-5H3,(H,73,89)(H,74,87)(H,76,91)(H,77,90)/t53-,56+,59+,63-/m1/s1. The van der Waals surface area contributed by atoms with Gasteiger partial charge in [-0.1, -0.05) is 67.5 Å².